The molecule has 3 rings (SSSR count). The van der Waals surface area contributed by atoms with E-state index in [1.807, 2.05) is 43.3 Å². The van der Waals surface area contributed by atoms with Crippen molar-refractivity contribution < 1.29 is 14.3 Å². The van der Waals surface area contributed by atoms with Crippen molar-refractivity contribution in [1.82, 2.24) is 0 Å². The first-order valence-corrected chi connectivity index (χ1v) is 8.18. The number of para-hydroxylation sites is 1. The van der Waals surface area contributed by atoms with Crippen molar-refractivity contribution in [2.45, 2.75) is 13.8 Å². The van der Waals surface area contributed by atoms with Gasteiger partial charge in [0.25, 0.3) is 0 Å². The molecule has 0 aliphatic heterocycles. The van der Waals surface area contributed by atoms with Crippen molar-refractivity contribution in [3.05, 3.63) is 83.9 Å². The van der Waals surface area contributed by atoms with Gasteiger partial charge in [0.1, 0.15) is 11.5 Å². The molecule has 0 N–H and O–H groups in total. The fraction of sp³-hybridized carbons (Fsp3) is 0.136. The Bertz CT molecular complexity index is 849. The van der Waals surface area contributed by atoms with E-state index in [1.54, 1.807) is 12.1 Å². The number of hydrogen-bond donors (Lipinski definition) is 0. The number of benzene rings is 3. The Morgan fingerprint density at radius 3 is 2.04 bits per heavy atom. The largest absolute Gasteiger partial charge is 0.482 e. The minimum absolute atomic E-state index is 0.120. The van der Waals surface area contributed by atoms with Crippen LogP contribution in [0.15, 0.2) is 72.8 Å². The van der Waals surface area contributed by atoms with Crippen LogP contribution in [-0.2, 0) is 4.79 Å². The molecule has 0 fully saturated rings. The molecule has 126 valence electrons. The highest BCUT2D eigenvalue weighted by molar-refractivity contribution is 5.74. The highest BCUT2D eigenvalue weighted by Gasteiger charge is 2.08. The Kier molecular flexibility index (Phi) is 5.14. The van der Waals surface area contributed by atoms with E-state index in [4.69, 9.17) is 9.47 Å². The average molecular weight is 332 g/mol. The van der Waals surface area contributed by atoms with E-state index < -0.39 is 5.97 Å². The molecule has 0 saturated heterocycles. The van der Waals surface area contributed by atoms with Gasteiger partial charge in [0.05, 0.1) is 0 Å². The van der Waals surface area contributed by atoms with Crippen LogP contribution in [0.5, 0.6) is 11.5 Å². The van der Waals surface area contributed by atoms with Crippen LogP contribution >= 0.6 is 0 Å². The zero-order chi connectivity index (χ0) is 17.6. The van der Waals surface area contributed by atoms with E-state index in [2.05, 4.69) is 31.2 Å². The minimum atomic E-state index is -0.425. The molecule has 3 aromatic carbocycles. The lowest BCUT2D eigenvalue weighted by Crippen LogP contribution is -2.17. The Morgan fingerprint density at radius 1 is 0.800 bits per heavy atom. The van der Waals surface area contributed by atoms with Gasteiger partial charge in [-0.3, -0.25) is 0 Å². The first-order valence-electron chi connectivity index (χ1n) is 8.18. The standard InChI is InChI=1S/C22H20O3/c1-16-7-9-18(10-8-16)19-11-13-20(14-12-19)25-22(23)15-24-21-6-4-3-5-17(21)2/h3-14H,15H2,1-2H3. The van der Waals surface area contributed by atoms with Gasteiger partial charge in [0.2, 0.25) is 0 Å². The zero-order valence-corrected chi connectivity index (χ0v) is 14.4. The highest BCUT2D eigenvalue weighted by atomic mass is 16.6. The van der Waals surface area contributed by atoms with Gasteiger partial charge in [0, 0.05) is 0 Å². The quantitative estimate of drug-likeness (QED) is 0.489. The molecule has 0 saturated carbocycles. The highest BCUT2D eigenvalue weighted by Crippen LogP contribution is 2.23. The van der Waals surface area contributed by atoms with Gasteiger partial charge in [-0.05, 0) is 48.7 Å². The van der Waals surface area contributed by atoms with E-state index >= 15 is 0 Å². The van der Waals surface area contributed by atoms with Gasteiger partial charge in [-0.2, -0.15) is 0 Å². The molecule has 3 aromatic rings. The second kappa shape index (κ2) is 7.67. The predicted molar refractivity (Wildman–Crippen MR) is 98.9 cm³/mol. The molecule has 0 amide bonds. The second-order valence-corrected chi connectivity index (χ2v) is 5.92. The molecule has 0 aliphatic carbocycles. The maximum atomic E-state index is 11.9. The molecule has 3 nitrogen and oxygen atoms in total. The summed E-state index contributed by atoms with van der Waals surface area (Å²) in [7, 11) is 0. The van der Waals surface area contributed by atoms with Crippen molar-refractivity contribution in [3.63, 3.8) is 0 Å². The molecule has 3 heteroatoms. The Hall–Kier alpha value is -3.07. The molecule has 25 heavy (non-hydrogen) atoms. The summed E-state index contributed by atoms with van der Waals surface area (Å²) in [5.41, 5.74) is 4.42. The van der Waals surface area contributed by atoms with E-state index in [0.29, 0.717) is 11.5 Å². The lowest BCUT2D eigenvalue weighted by atomic mass is 10.0. The van der Waals surface area contributed by atoms with Crippen LogP contribution < -0.4 is 9.47 Å². The number of esters is 1. The van der Waals surface area contributed by atoms with Crippen molar-refractivity contribution in [2.24, 2.45) is 0 Å². The third kappa shape index (κ3) is 4.48. The van der Waals surface area contributed by atoms with Gasteiger partial charge in [-0.1, -0.05) is 60.2 Å². The van der Waals surface area contributed by atoms with Crippen LogP contribution in [0.2, 0.25) is 0 Å². The van der Waals surface area contributed by atoms with Gasteiger partial charge < -0.3 is 9.47 Å². The Labute approximate surface area is 147 Å². The summed E-state index contributed by atoms with van der Waals surface area (Å²) in [6, 6.07) is 23.3. The zero-order valence-electron chi connectivity index (χ0n) is 14.4. The molecule has 0 heterocycles. The van der Waals surface area contributed by atoms with Crippen molar-refractivity contribution in [3.8, 4) is 22.6 Å². The summed E-state index contributed by atoms with van der Waals surface area (Å²) < 4.78 is 10.8. The monoisotopic (exact) mass is 332 g/mol. The fourth-order valence-corrected chi connectivity index (χ4v) is 2.48. The lowest BCUT2D eigenvalue weighted by Gasteiger charge is -2.09. The third-order valence-electron chi connectivity index (χ3n) is 3.91. The summed E-state index contributed by atoms with van der Waals surface area (Å²) in [4.78, 5) is 11.9. The summed E-state index contributed by atoms with van der Waals surface area (Å²) in [6.07, 6.45) is 0. The van der Waals surface area contributed by atoms with Crippen molar-refractivity contribution >= 4 is 5.97 Å². The molecule has 0 bridgehead atoms. The van der Waals surface area contributed by atoms with Crippen LogP contribution in [0.1, 0.15) is 11.1 Å². The maximum absolute atomic E-state index is 11.9. The topological polar surface area (TPSA) is 35.5 Å². The number of rotatable bonds is 5. The van der Waals surface area contributed by atoms with Gasteiger partial charge in [0.15, 0.2) is 6.61 Å². The van der Waals surface area contributed by atoms with Gasteiger partial charge >= 0.3 is 5.97 Å². The first kappa shape index (κ1) is 16.8. The lowest BCUT2D eigenvalue weighted by molar-refractivity contribution is -0.136. The van der Waals surface area contributed by atoms with Crippen LogP contribution in [0.25, 0.3) is 11.1 Å². The Balaban J connectivity index is 1.58. The van der Waals surface area contributed by atoms with Crippen LogP contribution in [-0.4, -0.2) is 12.6 Å². The van der Waals surface area contributed by atoms with Crippen molar-refractivity contribution in [1.29, 1.82) is 0 Å². The van der Waals surface area contributed by atoms with E-state index in [1.165, 1.54) is 5.56 Å². The molecular weight excluding hydrogens is 312 g/mol. The molecule has 0 spiro atoms. The second-order valence-electron chi connectivity index (χ2n) is 5.92. The summed E-state index contributed by atoms with van der Waals surface area (Å²) in [6.45, 7) is 3.88. The summed E-state index contributed by atoms with van der Waals surface area (Å²) >= 11 is 0. The van der Waals surface area contributed by atoms with E-state index in [0.717, 1.165) is 16.7 Å². The predicted octanol–water partition coefficient (Wildman–Crippen LogP) is 4.95. The number of aryl methyl sites for hydroxylation is 2. The number of ether oxygens (including phenoxy) is 2. The normalized spacial score (nSPS) is 10.3. The molecule has 0 radical (unpaired) electrons. The molecular formula is C22H20O3. The van der Waals surface area contributed by atoms with Gasteiger partial charge in [-0.15, -0.1) is 0 Å². The van der Waals surface area contributed by atoms with E-state index in [-0.39, 0.29) is 6.61 Å². The average Bonchev–Trinajstić information content (AvgIpc) is 2.62. The van der Waals surface area contributed by atoms with Crippen LogP contribution in [0.3, 0.4) is 0 Å². The van der Waals surface area contributed by atoms with Crippen LogP contribution in [0, 0.1) is 13.8 Å². The molecule has 0 unspecified atom stereocenters. The molecule has 0 aliphatic rings. The fourth-order valence-electron chi connectivity index (χ4n) is 2.48. The first-order chi connectivity index (χ1) is 12.1. The third-order valence-corrected chi connectivity index (χ3v) is 3.91. The number of carbonyl (C=O) groups is 1. The summed E-state index contributed by atoms with van der Waals surface area (Å²) in [5.74, 6) is 0.773. The van der Waals surface area contributed by atoms with Gasteiger partial charge in [-0.25, -0.2) is 4.79 Å². The smallest absolute Gasteiger partial charge is 0.349 e. The molecule has 0 aromatic heterocycles. The maximum Gasteiger partial charge on any atom is 0.349 e. The SMILES string of the molecule is Cc1ccc(-c2ccc(OC(=O)COc3ccccc3C)cc2)cc1. The molecule has 0 atom stereocenters. The Morgan fingerprint density at radius 2 is 1.40 bits per heavy atom. The van der Waals surface area contributed by atoms with Crippen LogP contribution in [0.4, 0.5) is 0 Å². The number of carbonyl (C=O) groups excluding carboxylic acids is 1. The van der Waals surface area contributed by atoms with E-state index in [9.17, 15) is 4.79 Å². The van der Waals surface area contributed by atoms with Crippen molar-refractivity contribution in [2.75, 3.05) is 6.61 Å². The minimum Gasteiger partial charge on any atom is -0.482 e. The number of hydrogen-bond acceptors (Lipinski definition) is 3. The summed E-state index contributed by atoms with van der Waals surface area (Å²) in [5, 5.41) is 0.